The van der Waals surface area contributed by atoms with Crippen LogP contribution in [-0.2, 0) is 22.0 Å². The molecule has 0 atom stereocenters. The minimum Gasteiger partial charge on any atom is -0.460 e. The number of rotatable bonds is 6. The molecule has 0 spiro atoms. The first kappa shape index (κ1) is 21.1. The van der Waals surface area contributed by atoms with Crippen molar-refractivity contribution in [2.45, 2.75) is 44.0 Å². The molecule has 3 aromatic rings. The minimum atomic E-state index is -3.46. The van der Waals surface area contributed by atoms with E-state index in [-0.39, 0.29) is 5.41 Å². The third kappa shape index (κ3) is 4.17. The van der Waals surface area contributed by atoms with Crippen LogP contribution >= 0.6 is 0 Å². The van der Waals surface area contributed by atoms with E-state index in [1.54, 1.807) is 16.4 Å². The Labute approximate surface area is 179 Å². The molecule has 30 heavy (non-hydrogen) atoms. The van der Waals surface area contributed by atoms with Gasteiger partial charge >= 0.3 is 0 Å². The van der Waals surface area contributed by atoms with Crippen LogP contribution in [0.2, 0.25) is 0 Å². The van der Waals surface area contributed by atoms with E-state index in [0.717, 1.165) is 23.2 Å². The van der Waals surface area contributed by atoms with Gasteiger partial charge in [0.05, 0.1) is 11.4 Å². The molecule has 0 N–H and O–H groups in total. The first-order chi connectivity index (χ1) is 14.3. The first-order valence-electron chi connectivity index (χ1n) is 10.6. The molecule has 0 unspecified atom stereocenters. The van der Waals surface area contributed by atoms with Gasteiger partial charge in [0.2, 0.25) is 10.0 Å². The quantitative estimate of drug-likeness (QED) is 0.577. The van der Waals surface area contributed by atoms with Crippen LogP contribution < -0.4 is 0 Å². The summed E-state index contributed by atoms with van der Waals surface area (Å²) in [5.74, 6) is 0.918. The van der Waals surface area contributed by atoms with Crippen molar-refractivity contribution >= 4 is 21.0 Å². The number of para-hydroxylation sites is 1. The average molecular weight is 427 g/mol. The molecule has 4 rings (SSSR count). The summed E-state index contributed by atoms with van der Waals surface area (Å²) in [5.41, 5.74) is 2.10. The third-order valence-electron chi connectivity index (χ3n) is 6.34. The highest BCUT2D eigenvalue weighted by atomic mass is 32.2. The van der Waals surface area contributed by atoms with E-state index < -0.39 is 10.0 Å². The maximum absolute atomic E-state index is 13.1. The summed E-state index contributed by atoms with van der Waals surface area (Å²) >= 11 is 0. The summed E-state index contributed by atoms with van der Waals surface area (Å²) in [6.45, 7) is 9.57. The molecular weight excluding hydrogens is 396 g/mol. The van der Waals surface area contributed by atoms with Gasteiger partial charge in [-0.1, -0.05) is 51.1 Å². The average Bonchev–Trinajstić information content (AvgIpc) is 3.16. The zero-order valence-corrected chi connectivity index (χ0v) is 18.8. The molecule has 0 aliphatic carbocycles. The van der Waals surface area contributed by atoms with Gasteiger partial charge in [-0.05, 0) is 41.7 Å². The summed E-state index contributed by atoms with van der Waals surface area (Å²) < 4.78 is 33.7. The number of hydrogen-bond donors (Lipinski definition) is 0. The molecular formula is C24H30N2O3S. The molecule has 1 aliphatic heterocycles. The van der Waals surface area contributed by atoms with E-state index in [9.17, 15) is 8.42 Å². The minimum absolute atomic E-state index is 0.0462. The predicted molar refractivity (Wildman–Crippen MR) is 120 cm³/mol. The molecule has 0 radical (unpaired) electrons. The molecule has 1 aliphatic rings. The molecule has 1 saturated heterocycles. The Kier molecular flexibility index (Phi) is 5.75. The van der Waals surface area contributed by atoms with Gasteiger partial charge in [-0.15, -0.1) is 0 Å². The fourth-order valence-electron chi connectivity index (χ4n) is 3.89. The zero-order chi connectivity index (χ0) is 21.4. The van der Waals surface area contributed by atoms with Gasteiger partial charge in [-0.3, -0.25) is 4.90 Å². The van der Waals surface area contributed by atoms with Crippen LogP contribution in [0, 0.1) is 0 Å². The van der Waals surface area contributed by atoms with E-state index in [2.05, 4.69) is 31.7 Å². The Balaban J connectivity index is 1.40. The second-order valence-electron chi connectivity index (χ2n) is 8.69. The zero-order valence-electron chi connectivity index (χ0n) is 18.0. The maximum atomic E-state index is 13.1. The van der Waals surface area contributed by atoms with Crippen LogP contribution in [0.25, 0.3) is 11.0 Å². The van der Waals surface area contributed by atoms with Crippen molar-refractivity contribution in [1.29, 1.82) is 0 Å². The third-order valence-corrected chi connectivity index (χ3v) is 8.26. The molecule has 1 fully saturated rings. The maximum Gasteiger partial charge on any atom is 0.243 e. The highest BCUT2D eigenvalue weighted by Crippen LogP contribution is 2.28. The standard InChI is InChI=1S/C24H30N2O3S/c1-4-24(2,3)20-9-11-22(12-10-20)30(27,28)26-15-13-25(14-16-26)18-21-17-19-7-5-6-8-23(19)29-21/h5-12,17H,4,13-16,18H2,1-3H3. The second kappa shape index (κ2) is 8.17. The van der Waals surface area contributed by atoms with Crippen LogP contribution in [0.3, 0.4) is 0 Å². The molecule has 1 aromatic heterocycles. The first-order valence-corrected chi connectivity index (χ1v) is 12.0. The van der Waals surface area contributed by atoms with E-state index >= 15 is 0 Å². The van der Waals surface area contributed by atoms with Crippen molar-refractivity contribution in [2.75, 3.05) is 26.2 Å². The Morgan fingerprint density at radius 3 is 2.27 bits per heavy atom. The van der Waals surface area contributed by atoms with Crippen LogP contribution in [0.5, 0.6) is 0 Å². The highest BCUT2D eigenvalue weighted by Gasteiger charge is 2.29. The number of hydrogen-bond acceptors (Lipinski definition) is 4. The van der Waals surface area contributed by atoms with Crippen molar-refractivity contribution in [3.63, 3.8) is 0 Å². The largest absolute Gasteiger partial charge is 0.460 e. The smallest absolute Gasteiger partial charge is 0.243 e. The molecule has 6 heteroatoms. The van der Waals surface area contributed by atoms with Gasteiger partial charge in [0.15, 0.2) is 0 Å². The van der Waals surface area contributed by atoms with Crippen molar-refractivity contribution in [1.82, 2.24) is 9.21 Å². The normalized spacial score (nSPS) is 16.9. The van der Waals surface area contributed by atoms with Gasteiger partial charge < -0.3 is 4.42 Å². The van der Waals surface area contributed by atoms with Crippen LogP contribution in [-0.4, -0.2) is 43.8 Å². The van der Waals surface area contributed by atoms with Crippen molar-refractivity contribution in [3.05, 3.63) is 65.9 Å². The monoisotopic (exact) mass is 426 g/mol. The lowest BCUT2D eigenvalue weighted by molar-refractivity contribution is 0.172. The molecule has 0 bridgehead atoms. The van der Waals surface area contributed by atoms with E-state index in [4.69, 9.17) is 4.42 Å². The van der Waals surface area contributed by atoms with E-state index in [0.29, 0.717) is 37.6 Å². The number of nitrogens with zero attached hydrogens (tertiary/aromatic N) is 2. The van der Waals surface area contributed by atoms with Gasteiger partial charge in [0, 0.05) is 31.6 Å². The Morgan fingerprint density at radius 1 is 0.967 bits per heavy atom. The van der Waals surface area contributed by atoms with Crippen LogP contribution in [0.1, 0.15) is 38.5 Å². The number of benzene rings is 2. The lowest BCUT2D eigenvalue weighted by atomic mass is 9.82. The Bertz CT molecular complexity index is 1080. The molecule has 2 heterocycles. The van der Waals surface area contributed by atoms with E-state index in [1.165, 1.54) is 5.56 Å². The molecule has 0 saturated carbocycles. The van der Waals surface area contributed by atoms with E-state index in [1.807, 2.05) is 36.4 Å². The van der Waals surface area contributed by atoms with Gasteiger partial charge in [0.25, 0.3) is 0 Å². The number of fused-ring (bicyclic) bond motifs is 1. The Hall–Kier alpha value is -2.15. The SMILES string of the molecule is CCC(C)(C)c1ccc(S(=O)(=O)N2CCN(Cc3cc4ccccc4o3)CC2)cc1. The number of piperazine rings is 1. The lowest BCUT2D eigenvalue weighted by Crippen LogP contribution is -2.48. The molecule has 2 aromatic carbocycles. The molecule has 5 nitrogen and oxygen atoms in total. The summed E-state index contributed by atoms with van der Waals surface area (Å²) in [6.07, 6.45) is 1.01. The lowest BCUT2D eigenvalue weighted by Gasteiger charge is -2.33. The van der Waals surface area contributed by atoms with Crippen molar-refractivity contribution in [3.8, 4) is 0 Å². The van der Waals surface area contributed by atoms with Gasteiger partial charge in [0.1, 0.15) is 11.3 Å². The topological polar surface area (TPSA) is 53.8 Å². The molecule has 160 valence electrons. The number of furan rings is 1. The van der Waals surface area contributed by atoms with Crippen molar-refractivity contribution in [2.24, 2.45) is 0 Å². The van der Waals surface area contributed by atoms with Crippen LogP contribution in [0.15, 0.2) is 63.9 Å². The number of sulfonamides is 1. The summed E-state index contributed by atoms with van der Waals surface area (Å²) in [7, 11) is -3.46. The fourth-order valence-corrected chi connectivity index (χ4v) is 5.32. The van der Waals surface area contributed by atoms with Crippen LogP contribution in [0.4, 0.5) is 0 Å². The second-order valence-corrected chi connectivity index (χ2v) is 10.6. The molecule has 0 amide bonds. The Morgan fingerprint density at radius 2 is 1.63 bits per heavy atom. The summed E-state index contributed by atoms with van der Waals surface area (Å²) in [5, 5.41) is 1.10. The fraction of sp³-hybridized carbons (Fsp3) is 0.417. The van der Waals surface area contributed by atoms with Crippen molar-refractivity contribution < 1.29 is 12.8 Å². The van der Waals surface area contributed by atoms with Gasteiger partial charge in [-0.2, -0.15) is 4.31 Å². The highest BCUT2D eigenvalue weighted by molar-refractivity contribution is 7.89. The predicted octanol–water partition coefficient (Wildman–Crippen LogP) is 4.63. The van der Waals surface area contributed by atoms with Gasteiger partial charge in [-0.25, -0.2) is 8.42 Å². The summed E-state index contributed by atoms with van der Waals surface area (Å²) in [6, 6.07) is 17.5. The summed E-state index contributed by atoms with van der Waals surface area (Å²) in [4.78, 5) is 2.63.